The first-order chi connectivity index (χ1) is 10.1. The third-order valence-electron chi connectivity index (χ3n) is 3.17. The molecule has 0 aliphatic heterocycles. The first-order valence-corrected chi connectivity index (χ1v) is 7.58. The lowest BCUT2D eigenvalue weighted by Crippen LogP contribution is -2.04. The molecule has 0 spiro atoms. The van der Waals surface area contributed by atoms with E-state index in [1.165, 1.54) is 6.07 Å². The maximum atomic E-state index is 14.3. The first kappa shape index (κ1) is 14.6. The minimum atomic E-state index is -0.419. The maximum Gasteiger partial charge on any atom is 0.148 e. The number of hydrogen-bond acceptors (Lipinski definition) is 1. The second-order valence-electron chi connectivity index (χ2n) is 4.51. The highest BCUT2D eigenvalue weighted by atomic mass is 35.5. The number of rotatable bonds is 3. The molecule has 1 heterocycles. The highest BCUT2D eigenvalue weighted by molar-refractivity contribution is 6.35. The van der Waals surface area contributed by atoms with Crippen molar-refractivity contribution in [2.24, 2.45) is 0 Å². The molecule has 3 rings (SSSR count). The van der Waals surface area contributed by atoms with Crippen LogP contribution in [0.3, 0.4) is 0 Å². The summed E-state index contributed by atoms with van der Waals surface area (Å²) in [6, 6.07) is 9.95. The molecule has 0 radical (unpaired) electrons. The lowest BCUT2D eigenvalue weighted by atomic mass is 10.2. The van der Waals surface area contributed by atoms with Crippen LogP contribution >= 0.6 is 34.8 Å². The second-order valence-corrected chi connectivity index (χ2v) is 5.73. The Morgan fingerprint density at radius 3 is 2.67 bits per heavy atom. The predicted molar refractivity (Wildman–Crippen MR) is 85.5 cm³/mol. The van der Waals surface area contributed by atoms with E-state index in [4.69, 9.17) is 34.8 Å². The standard InChI is InChI=1S/C15H10Cl3FN2/c16-7-6-14-20-15-10(18)2-1-3-13(15)21(14)12-5-4-9(17)8-11(12)19/h1-5,8H,6-7H2. The smallest absolute Gasteiger partial charge is 0.148 e. The van der Waals surface area contributed by atoms with Crippen LogP contribution in [-0.4, -0.2) is 15.4 Å². The van der Waals surface area contributed by atoms with Crippen LogP contribution in [0.1, 0.15) is 5.82 Å². The van der Waals surface area contributed by atoms with E-state index in [9.17, 15) is 4.39 Å². The van der Waals surface area contributed by atoms with Gasteiger partial charge in [-0.1, -0.05) is 29.3 Å². The molecule has 1 aromatic heterocycles. The Bertz CT molecular complexity index is 814. The Kier molecular flexibility index (Phi) is 4.07. The van der Waals surface area contributed by atoms with E-state index in [2.05, 4.69) is 4.98 Å². The third kappa shape index (κ3) is 2.61. The van der Waals surface area contributed by atoms with Crippen LogP contribution in [0, 0.1) is 5.82 Å². The molecule has 3 aromatic rings. The van der Waals surface area contributed by atoms with Crippen LogP contribution in [0.25, 0.3) is 16.7 Å². The number of nitrogens with zero attached hydrogens (tertiary/aromatic N) is 2. The van der Waals surface area contributed by atoms with Gasteiger partial charge in [-0.15, -0.1) is 11.6 Å². The fraction of sp³-hybridized carbons (Fsp3) is 0.133. The fourth-order valence-electron chi connectivity index (χ4n) is 2.30. The van der Waals surface area contributed by atoms with Crippen molar-refractivity contribution < 1.29 is 4.39 Å². The van der Waals surface area contributed by atoms with Gasteiger partial charge in [-0.05, 0) is 30.3 Å². The summed E-state index contributed by atoms with van der Waals surface area (Å²) in [6.07, 6.45) is 0.509. The summed E-state index contributed by atoms with van der Waals surface area (Å²) in [7, 11) is 0. The number of aryl methyl sites for hydroxylation is 1. The number of imidazole rings is 1. The van der Waals surface area contributed by atoms with Gasteiger partial charge < -0.3 is 0 Å². The van der Waals surface area contributed by atoms with Crippen LogP contribution in [0.15, 0.2) is 36.4 Å². The van der Waals surface area contributed by atoms with Crippen molar-refractivity contribution >= 4 is 45.8 Å². The molecule has 0 amide bonds. The average Bonchev–Trinajstić information content (AvgIpc) is 2.79. The van der Waals surface area contributed by atoms with Crippen molar-refractivity contribution in [3.63, 3.8) is 0 Å². The predicted octanol–water partition coefficient (Wildman–Crippen LogP) is 5.25. The number of halogens is 4. The van der Waals surface area contributed by atoms with Gasteiger partial charge >= 0.3 is 0 Å². The van der Waals surface area contributed by atoms with Crippen LogP contribution in [0.5, 0.6) is 0 Å². The van der Waals surface area contributed by atoms with E-state index in [1.807, 2.05) is 6.07 Å². The summed E-state index contributed by atoms with van der Waals surface area (Å²) in [6.45, 7) is 0. The molecule has 0 atom stereocenters. The minimum absolute atomic E-state index is 0.345. The quantitative estimate of drug-likeness (QED) is 0.594. The average molecular weight is 344 g/mol. The van der Waals surface area contributed by atoms with Gasteiger partial charge in [0.1, 0.15) is 17.2 Å². The summed E-state index contributed by atoms with van der Waals surface area (Å²) in [5, 5.41) is 0.869. The summed E-state index contributed by atoms with van der Waals surface area (Å²) >= 11 is 17.8. The molecule has 0 unspecified atom stereocenters. The summed E-state index contributed by atoms with van der Waals surface area (Å²) in [4.78, 5) is 4.49. The van der Waals surface area contributed by atoms with Crippen molar-refractivity contribution in [1.29, 1.82) is 0 Å². The number of alkyl halides is 1. The van der Waals surface area contributed by atoms with Crippen molar-refractivity contribution in [2.75, 3.05) is 5.88 Å². The number of aromatic nitrogens is 2. The molecule has 0 N–H and O–H groups in total. The molecule has 0 saturated carbocycles. The van der Waals surface area contributed by atoms with Crippen LogP contribution in [0.2, 0.25) is 10.0 Å². The van der Waals surface area contributed by atoms with Crippen LogP contribution < -0.4 is 0 Å². The Balaban J connectivity index is 2.33. The van der Waals surface area contributed by atoms with Crippen molar-refractivity contribution in [3.8, 4) is 5.69 Å². The van der Waals surface area contributed by atoms with Crippen molar-refractivity contribution in [3.05, 3.63) is 58.1 Å². The zero-order valence-electron chi connectivity index (χ0n) is 10.8. The lowest BCUT2D eigenvalue weighted by molar-refractivity contribution is 0.617. The zero-order chi connectivity index (χ0) is 15.0. The Hall–Kier alpha value is -1.29. The van der Waals surface area contributed by atoms with Crippen molar-refractivity contribution in [1.82, 2.24) is 9.55 Å². The molecule has 0 bridgehead atoms. The fourth-order valence-corrected chi connectivity index (χ4v) is 2.84. The van der Waals surface area contributed by atoms with E-state index < -0.39 is 5.82 Å². The highest BCUT2D eigenvalue weighted by Gasteiger charge is 2.16. The van der Waals surface area contributed by atoms with Crippen LogP contribution in [0.4, 0.5) is 4.39 Å². The van der Waals surface area contributed by atoms with E-state index in [0.29, 0.717) is 39.4 Å². The molecule has 21 heavy (non-hydrogen) atoms. The summed E-state index contributed by atoms with van der Waals surface area (Å²) in [5.74, 6) is 0.628. The van der Waals surface area contributed by atoms with E-state index in [0.717, 1.165) is 5.52 Å². The Morgan fingerprint density at radius 2 is 1.95 bits per heavy atom. The maximum absolute atomic E-state index is 14.3. The van der Waals surface area contributed by atoms with Gasteiger partial charge in [0.25, 0.3) is 0 Å². The topological polar surface area (TPSA) is 17.8 Å². The monoisotopic (exact) mass is 342 g/mol. The second kappa shape index (κ2) is 5.84. The normalized spacial score (nSPS) is 11.2. The molecule has 108 valence electrons. The summed E-state index contributed by atoms with van der Waals surface area (Å²) in [5.41, 5.74) is 1.75. The largest absolute Gasteiger partial charge is 0.293 e. The van der Waals surface area contributed by atoms with Crippen LogP contribution in [-0.2, 0) is 6.42 Å². The molecule has 2 aromatic carbocycles. The van der Waals surface area contributed by atoms with Gasteiger partial charge in [0, 0.05) is 17.3 Å². The highest BCUT2D eigenvalue weighted by Crippen LogP contribution is 2.29. The molecule has 0 aliphatic carbocycles. The molecular weight excluding hydrogens is 334 g/mol. The van der Waals surface area contributed by atoms with Gasteiger partial charge in [0.15, 0.2) is 0 Å². The third-order valence-corrected chi connectivity index (χ3v) is 3.90. The number of fused-ring (bicyclic) bond motifs is 1. The van der Waals surface area contributed by atoms with Gasteiger partial charge in [-0.3, -0.25) is 4.57 Å². The first-order valence-electron chi connectivity index (χ1n) is 6.29. The Labute approximate surface area is 136 Å². The van der Waals surface area contributed by atoms with Gasteiger partial charge in [0.2, 0.25) is 0 Å². The number of para-hydroxylation sites is 1. The zero-order valence-corrected chi connectivity index (χ0v) is 13.1. The summed E-state index contributed by atoms with van der Waals surface area (Å²) < 4.78 is 16.0. The Morgan fingerprint density at radius 1 is 1.14 bits per heavy atom. The molecule has 0 saturated heterocycles. The number of benzene rings is 2. The lowest BCUT2D eigenvalue weighted by Gasteiger charge is -2.10. The van der Waals surface area contributed by atoms with E-state index >= 15 is 0 Å². The van der Waals surface area contributed by atoms with Gasteiger partial charge in [-0.2, -0.15) is 0 Å². The van der Waals surface area contributed by atoms with Crippen molar-refractivity contribution in [2.45, 2.75) is 6.42 Å². The van der Waals surface area contributed by atoms with Gasteiger partial charge in [0.05, 0.1) is 16.2 Å². The molecule has 6 heteroatoms. The van der Waals surface area contributed by atoms with E-state index in [1.54, 1.807) is 28.8 Å². The van der Waals surface area contributed by atoms with Gasteiger partial charge in [-0.25, -0.2) is 9.37 Å². The molecule has 0 aliphatic rings. The SMILES string of the molecule is Fc1cc(Cl)ccc1-n1c(CCCl)nc2c(Cl)cccc21. The molecule has 0 fully saturated rings. The molecule has 2 nitrogen and oxygen atoms in total. The minimum Gasteiger partial charge on any atom is -0.293 e. The number of hydrogen-bond donors (Lipinski definition) is 0. The van der Waals surface area contributed by atoms with E-state index in [-0.39, 0.29) is 0 Å². The molecular formula is C15H10Cl3FN2.